The molecule has 9 rings (SSSR count). The Kier molecular flexibility index (Phi) is 18.6. The number of nitrogens with zero attached hydrogens (tertiary/aromatic N) is 10. The van der Waals surface area contributed by atoms with Crippen molar-refractivity contribution >= 4 is 72.7 Å². The number of likely N-dealkylation sites (N-methyl/N-ethyl adjacent to an activating group) is 1. The van der Waals surface area contributed by atoms with Crippen LogP contribution in [0.3, 0.4) is 0 Å². The van der Waals surface area contributed by atoms with Crippen LogP contribution in [-0.2, 0) is 27.3 Å². The summed E-state index contributed by atoms with van der Waals surface area (Å²) in [5.41, 5.74) is 7.60. The number of anilines is 4. The molecule has 416 valence electrons. The standard InChI is InChI=1S/C55H68BrF3N14O5/c1-37-30-46-47(31-38(37)2)65-50(64-46)35-61-53-67-54(66-51-43(56)34-62-73(51)53)71-20-18-70(19-21-71)23-25-77-27-29-78-28-26-76-24-22-69(4)52(74)39-11-12-45(49(32-39)75-5)60-15-7-8-41-33-42-44(63-40-13-16-68(3)17-14-40)9-6-10-48(42)72(41)36-55(57,58)59/h6,9-12,30-34,40,60,63H,13-29,35-36H2,1-5H3,(H,64,65)(H,61,66,67). The van der Waals surface area contributed by atoms with Crippen LogP contribution in [0.2, 0.25) is 0 Å². The van der Waals surface area contributed by atoms with Gasteiger partial charge in [-0.2, -0.15) is 32.8 Å². The number of carbonyl (C=O) groups excluding carboxylic acids is 1. The number of aryl methyl sites for hydroxylation is 2. The summed E-state index contributed by atoms with van der Waals surface area (Å²) in [6, 6.07) is 16.6. The summed E-state index contributed by atoms with van der Waals surface area (Å²) in [6.45, 7) is 12.5. The highest BCUT2D eigenvalue weighted by atomic mass is 79.9. The van der Waals surface area contributed by atoms with E-state index in [1.807, 2.05) is 6.07 Å². The number of piperazine rings is 1. The number of aromatic nitrogens is 7. The molecule has 2 fully saturated rings. The van der Waals surface area contributed by atoms with Crippen LogP contribution in [0, 0.1) is 25.7 Å². The molecule has 19 nitrogen and oxygen atoms in total. The summed E-state index contributed by atoms with van der Waals surface area (Å²) in [6.07, 6.45) is -0.801. The largest absolute Gasteiger partial charge is 0.495 e. The average Bonchev–Trinajstić information content (AvgIpc) is 4.14. The smallest absolute Gasteiger partial charge is 0.406 e. The Balaban J connectivity index is 0.646. The van der Waals surface area contributed by atoms with Crippen molar-refractivity contribution in [2.45, 2.75) is 52.0 Å². The molecule has 1 amide bonds. The molecule has 2 aliphatic rings. The van der Waals surface area contributed by atoms with Crippen LogP contribution in [0.5, 0.6) is 5.75 Å². The van der Waals surface area contributed by atoms with Gasteiger partial charge in [-0.1, -0.05) is 12.0 Å². The van der Waals surface area contributed by atoms with Crippen LogP contribution in [0.15, 0.2) is 65.3 Å². The van der Waals surface area contributed by atoms with Crippen molar-refractivity contribution < 1.29 is 36.9 Å². The number of fused-ring (bicyclic) bond motifs is 3. The molecule has 3 aromatic carbocycles. The average molecular weight is 1140 g/mol. The molecule has 2 aliphatic heterocycles. The van der Waals surface area contributed by atoms with Gasteiger partial charge in [-0.05, 0) is 128 Å². The number of hydrogen-bond donors (Lipinski definition) is 4. The van der Waals surface area contributed by atoms with Crippen LogP contribution in [0.1, 0.15) is 45.8 Å². The van der Waals surface area contributed by atoms with E-state index in [-0.39, 0.29) is 24.2 Å². The van der Waals surface area contributed by atoms with E-state index in [0.717, 1.165) is 85.7 Å². The summed E-state index contributed by atoms with van der Waals surface area (Å²) in [4.78, 5) is 39.7. The van der Waals surface area contributed by atoms with Crippen molar-refractivity contribution in [2.75, 3.05) is 141 Å². The highest BCUT2D eigenvalue weighted by Crippen LogP contribution is 2.32. The van der Waals surface area contributed by atoms with Gasteiger partial charge in [0, 0.05) is 69.0 Å². The number of amides is 1. The second-order valence-electron chi connectivity index (χ2n) is 19.7. The molecule has 0 radical (unpaired) electrons. The van der Waals surface area contributed by atoms with E-state index in [1.165, 1.54) is 22.8 Å². The van der Waals surface area contributed by atoms with Crippen molar-refractivity contribution in [3.63, 3.8) is 0 Å². The molecule has 0 bridgehead atoms. The first kappa shape index (κ1) is 56.1. The van der Waals surface area contributed by atoms with Gasteiger partial charge in [0.1, 0.15) is 18.1 Å². The van der Waals surface area contributed by atoms with Crippen molar-refractivity contribution in [1.29, 1.82) is 0 Å². The topological polar surface area (TPSA) is 180 Å². The highest BCUT2D eigenvalue weighted by Gasteiger charge is 2.30. The van der Waals surface area contributed by atoms with E-state index in [0.29, 0.717) is 98.2 Å². The lowest BCUT2D eigenvalue weighted by molar-refractivity contribution is -0.140. The number of nitrogens with one attached hydrogen (secondary N) is 4. The number of aromatic amines is 1. The molecule has 6 heterocycles. The van der Waals surface area contributed by atoms with Gasteiger partial charge in [-0.15, -0.1) is 0 Å². The maximum absolute atomic E-state index is 13.8. The maximum atomic E-state index is 13.8. The fraction of sp³-hybridized carbons (Fsp3) is 0.473. The zero-order chi connectivity index (χ0) is 54.8. The number of hydrogen-bond acceptors (Lipinski definition) is 15. The Morgan fingerprint density at radius 1 is 0.885 bits per heavy atom. The monoisotopic (exact) mass is 1140 g/mol. The van der Waals surface area contributed by atoms with Gasteiger partial charge in [-0.3, -0.25) is 9.69 Å². The number of carbonyl (C=O) groups is 1. The number of rotatable bonds is 23. The van der Waals surface area contributed by atoms with Gasteiger partial charge in [0.25, 0.3) is 5.91 Å². The third-order valence-corrected chi connectivity index (χ3v) is 14.7. The number of halogens is 4. The molecule has 7 aromatic rings. The van der Waals surface area contributed by atoms with Gasteiger partial charge < -0.3 is 59.1 Å². The third kappa shape index (κ3) is 14.3. The lowest BCUT2D eigenvalue weighted by Gasteiger charge is -2.34. The second-order valence-corrected chi connectivity index (χ2v) is 20.6. The Bertz CT molecular complexity index is 3190. The minimum atomic E-state index is -4.43. The third-order valence-electron chi connectivity index (χ3n) is 14.1. The molecule has 4 N–H and O–H groups in total. The minimum absolute atomic E-state index is 0.125. The van der Waals surface area contributed by atoms with Gasteiger partial charge in [0.05, 0.1) is 98.4 Å². The number of likely N-dealkylation sites (tertiary alicyclic amines) is 1. The van der Waals surface area contributed by atoms with E-state index in [2.05, 4.69) is 102 Å². The highest BCUT2D eigenvalue weighted by molar-refractivity contribution is 9.10. The van der Waals surface area contributed by atoms with Gasteiger partial charge in [0.15, 0.2) is 5.65 Å². The van der Waals surface area contributed by atoms with Gasteiger partial charge in [0.2, 0.25) is 11.9 Å². The fourth-order valence-corrected chi connectivity index (χ4v) is 9.92. The van der Waals surface area contributed by atoms with E-state index < -0.39 is 12.7 Å². The Morgan fingerprint density at radius 2 is 1.63 bits per heavy atom. The Hall–Kier alpha value is -6.68. The van der Waals surface area contributed by atoms with E-state index in [4.69, 9.17) is 33.9 Å². The summed E-state index contributed by atoms with van der Waals surface area (Å²) >= 11 is 3.60. The Labute approximate surface area is 460 Å². The van der Waals surface area contributed by atoms with E-state index in [9.17, 15) is 18.0 Å². The Morgan fingerprint density at radius 3 is 2.38 bits per heavy atom. The predicted molar refractivity (Wildman–Crippen MR) is 300 cm³/mol. The van der Waals surface area contributed by atoms with Crippen molar-refractivity contribution in [2.24, 2.45) is 0 Å². The SMILES string of the molecule is COc1cc(C(=O)N(C)CCOCCOCCOCCN2CCN(c3nc(NCc4nc5cc(C)c(C)cc5[nH]4)n4ncc(Br)c4n3)CC2)ccc1NCC#Cc1cc2c(NC3CCN(C)CC3)cccc2n1CC(F)(F)F. The lowest BCUT2D eigenvalue weighted by atomic mass is 10.0. The van der Waals surface area contributed by atoms with Crippen LogP contribution >= 0.6 is 15.9 Å². The van der Waals surface area contributed by atoms with Crippen molar-refractivity contribution in [3.8, 4) is 17.6 Å². The van der Waals surface area contributed by atoms with Crippen LogP contribution in [-0.4, -0.2) is 187 Å². The first-order valence-electron chi connectivity index (χ1n) is 26.3. The zero-order valence-corrected chi connectivity index (χ0v) is 46.4. The number of piperidine rings is 1. The molecule has 0 atom stereocenters. The van der Waals surface area contributed by atoms with Crippen LogP contribution in [0.25, 0.3) is 27.6 Å². The molecule has 0 unspecified atom stereocenters. The molecule has 78 heavy (non-hydrogen) atoms. The summed E-state index contributed by atoms with van der Waals surface area (Å²) < 4.78 is 68.1. The molecule has 4 aromatic heterocycles. The molecule has 23 heteroatoms. The van der Waals surface area contributed by atoms with Crippen molar-refractivity contribution in [3.05, 3.63) is 93.5 Å². The van der Waals surface area contributed by atoms with Crippen LogP contribution < -0.4 is 25.6 Å². The van der Waals surface area contributed by atoms with E-state index in [1.54, 1.807) is 59.1 Å². The first-order chi connectivity index (χ1) is 37.7. The quantitative estimate of drug-likeness (QED) is 0.0367. The molecule has 0 spiro atoms. The number of imidazole rings is 1. The van der Waals surface area contributed by atoms with Crippen LogP contribution in [0.4, 0.5) is 36.4 Å². The molecule has 2 saturated heterocycles. The number of benzene rings is 3. The second kappa shape index (κ2) is 25.9. The van der Waals surface area contributed by atoms with E-state index >= 15 is 0 Å². The van der Waals surface area contributed by atoms with Gasteiger partial charge in [-0.25, -0.2) is 4.98 Å². The molecule has 0 aliphatic carbocycles. The normalized spacial score (nSPS) is 14.8. The maximum Gasteiger partial charge on any atom is 0.406 e. The van der Waals surface area contributed by atoms with Gasteiger partial charge >= 0.3 is 6.18 Å². The van der Waals surface area contributed by atoms with Crippen molar-refractivity contribution in [1.82, 2.24) is 48.8 Å². The number of H-pyrrole nitrogens is 1. The molecule has 0 saturated carbocycles. The number of alkyl halides is 3. The lowest BCUT2D eigenvalue weighted by Crippen LogP contribution is -2.48. The molecular formula is C55H68BrF3N14O5. The number of methoxy groups -OCH3 is 1. The summed E-state index contributed by atoms with van der Waals surface area (Å²) in [7, 11) is 5.30. The zero-order valence-electron chi connectivity index (χ0n) is 44.8. The fourth-order valence-electron chi connectivity index (χ4n) is 9.58. The summed E-state index contributed by atoms with van der Waals surface area (Å²) in [5, 5.41) is 15.4. The summed E-state index contributed by atoms with van der Waals surface area (Å²) in [5.74, 6) is 8.20. The minimum Gasteiger partial charge on any atom is -0.495 e. The number of ether oxygens (including phenoxy) is 4. The predicted octanol–water partition coefficient (Wildman–Crippen LogP) is 7.43. The molecular weight excluding hydrogens is 1070 g/mol. The first-order valence-corrected chi connectivity index (χ1v) is 27.1.